The van der Waals surface area contributed by atoms with Crippen molar-refractivity contribution < 1.29 is 4.52 Å². The number of aryl methyl sites for hydroxylation is 2. The van der Waals surface area contributed by atoms with Crippen LogP contribution in [0.2, 0.25) is 0 Å². The van der Waals surface area contributed by atoms with Crippen molar-refractivity contribution in [2.24, 2.45) is 0 Å². The molecule has 2 aromatic heterocycles. The molecule has 0 radical (unpaired) electrons. The van der Waals surface area contributed by atoms with E-state index in [1.165, 1.54) is 15.9 Å². The van der Waals surface area contributed by atoms with Gasteiger partial charge in [-0.3, -0.25) is 4.98 Å². The molecule has 0 fully saturated rings. The van der Waals surface area contributed by atoms with Crippen LogP contribution in [-0.4, -0.2) is 15.9 Å². The third kappa shape index (κ3) is 3.29. The van der Waals surface area contributed by atoms with Crippen molar-refractivity contribution in [3.63, 3.8) is 0 Å². The molecule has 0 atom stereocenters. The lowest BCUT2D eigenvalue weighted by atomic mass is 10.0. The van der Waals surface area contributed by atoms with Crippen LogP contribution < -0.4 is 0 Å². The van der Waals surface area contributed by atoms with E-state index in [1.807, 2.05) is 50.0 Å². The lowest BCUT2D eigenvalue weighted by Gasteiger charge is -2.10. The van der Waals surface area contributed by atoms with E-state index in [4.69, 9.17) is 4.52 Å². The number of aromatic nitrogens is 2. The third-order valence-electron chi connectivity index (χ3n) is 3.86. The summed E-state index contributed by atoms with van der Waals surface area (Å²) in [6.45, 7) is 9.79. The Labute approximate surface area is 146 Å². The lowest BCUT2D eigenvalue weighted by molar-refractivity contribution is 0.393. The van der Waals surface area contributed by atoms with Gasteiger partial charge in [-0.1, -0.05) is 35.5 Å². The van der Waals surface area contributed by atoms with Gasteiger partial charge in [0.15, 0.2) is 0 Å². The molecular formula is C20H20N2OS. The SMILES string of the molecule is C=CC=C(C)CSc1cc(-c2c(C)noc2C)cc2ncccc12. The normalized spacial score (nSPS) is 11.9. The average Bonchev–Trinajstić information content (AvgIpc) is 2.91. The molecular weight excluding hydrogens is 316 g/mol. The third-order valence-corrected chi connectivity index (χ3v) is 5.11. The average molecular weight is 336 g/mol. The van der Waals surface area contributed by atoms with Crippen LogP contribution in [0.25, 0.3) is 22.0 Å². The second-order valence-electron chi connectivity index (χ2n) is 5.78. The molecule has 4 heteroatoms. The molecule has 0 saturated heterocycles. The zero-order valence-corrected chi connectivity index (χ0v) is 15.0. The molecule has 0 aliphatic heterocycles. The molecule has 0 aliphatic rings. The quantitative estimate of drug-likeness (QED) is 0.440. The van der Waals surface area contributed by atoms with Crippen LogP contribution in [0.4, 0.5) is 0 Å². The molecule has 2 heterocycles. The summed E-state index contributed by atoms with van der Waals surface area (Å²) >= 11 is 1.81. The molecule has 0 unspecified atom stereocenters. The zero-order valence-electron chi connectivity index (χ0n) is 14.2. The Morgan fingerprint density at radius 3 is 2.88 bits per heavy atom. The molecule has 3 rings (SSSR count). The summed E-state index contributed by atoms with van der Waals surface area (Å²) in [5.74, 6) is 1.75. The van der Waals surface area contributed by atoms with Crippen molar-refractivity contribution in [1.29, 1.82) is 0 Å². The summed E-state index contributed by atoms with van der Waals surface area (Å²) in [5.41, 5.74) is 5.34. The molecule has 0 spiro atoms. The second-order valence-corrected chi connectivity index (χ2v) is 6.80. The molecule has 0 aliphatic carbocycles. The van der Waals surface area contributed by atoms with Gasteiger partial charge in [-0.25, -0.2) is 0 Å². The summed E-state index contributed by atoms with van der Waals surface area (Å²) in [6.07, 6.45) is 5.71. The minimum Gasteiger partial charge on any atom is -0.361 e. The van der Waals surface area contributed by atoms with E-state index in [1.54, 1.807) is 0 Å². The highest BCUT2D eigenvalue weighted by molar-refractivity contribution is 7.99. The fourth-order valence-electron chi connectivity index (χ4n) is 2.75. The van der Waals surface area contributed by atoms with Gasteiger partial charge in [0, 0.05) is 27.8 Å². The van der Waals surface area contributed by atoms with Crippen LogP contribution in [0.3, 0.4) is 0 Å². The van der Waals surface area contributed by atoms with E-state index in [0.717, 1.165) is 33.9 Å². The highest BCUT2D eigenvalue weighted by atomic mass is 32.2. The lowest BCUT2D eigenvalue weighted by Crippen LogP contribution is -1.89. The van der Waals surface area contributed by atoms with Crippen molar-refractivity contribution in [2.75, 3.05) is 5.75 Å². The van der Waals surface area contributed by atoms with Gasteiger partial charge >= 0.3 is 0 Å². The number of nitrogens with zero attached hydrogens (tertiary/aromatic N) is 2. The van der Waals surface area contributed by atoms with Gasteiger partial charge in [0.2, 0.25) is 0 Å². The summed E-state index contributed by atoms with van der Waals surface area (Å²) in [6, 6.07) is 8.42. The summed E-state index contributed by atoms with van der Waals surface area (Å²) in [7, 11) is 0. The summed E-state index contributed by atoms with van der Waals surface area (Å²) in [5, 5.41) is 5.25. The van der Waals surface area contributed by atoms with E-state index in [2.05, 4.69) is 41.8 Å². The second kappa shape index (κ2) is 7.05. The molecule has 0 amide bonds. The van der Waals surface area contributed by atoms with Crippen molar-refractivity contribution in [3.05, 3.63) is 66.2 Å². The molecule has 3 nitrogen and oxygen atoms in total. The molecule has 24 heavy (non-hydrogen) atoms. The predicted octanol–water partition coefficient (Wildman–Crippen LogP) is 5.73. The van der Waals surface area contributed by atoms with Crippen LogP contribution in [0.15, 0.2) is 64.2 Å². The Balaban J connectivity index is 2.10. The van der Waals surface area contributed by atoms with Crippen LogP contribution in [0.1, 0.15) is 18.4 Å². The molecule has 0 bridgehead atoms. The zero-order chi connectivity index (χ0) is 17.1. The van der Waals surface area contributed by atoms with Gasteiger partial charge in [0.1, 0.15) is 5.76 Å². The number of hydrogen-bond donors (Lipinski definition) is 0. The van der Waals surface area contributed by atoms with E-state index in [-0.39, 0.29) is 0 Å². The van der Waals surface area contributed by atoms with Gasteiger partial charge in [-0.05, 0) is 44.5 Å². The monoisotopic (exact) mass is 336 g/mol. The van der Waals surface area contributed by atoms with E-state index in [9.17, 15) is 0 Å². The minimum absolute atomic E-state index is 0.835. The van der Waals surface area contributed by atoms with Crippen LogP contribution in [0, 0.1) is 13.8 Å². The van der Waals surface area contributed by atoms with Crippen molar-refractivity contribution >= 4 is 22.7 Å². The van der Waals surface area contributed by atoms with Gasteiger partial charge in [-0.15, -0.1) is 11.8 Å². The predicted molar refractivity (Wildman–Crippen MR) is 101 cm³/mol. The van der Waals surface area contributed by atoms with Gasteiger partial charge < -0.3 is 4.52 Å². The Morgan fingerprint density at radius 1 is 1.33 bits per heavy atom. The maximum atomic E-state index is 5.33. The fourth-order valence-corrected chi connectivity index (χ4v) is 3.77. The summed E-state index contributed by atoms with van der Waals surface area (Å²) < 4.78 is 5.33. The minimum atomic E-state index is 0.835. The Hall–Kier alpha value is -2.33. The Morgan fingerprint density at radius 2 is 2.17 bits per heavy atom. The van der Waals surface area contributed by atoms with Crippen molar-refractivity contribution in [2.45, 2.75) is 25.7 Å². The smallest absolute Gasteiger partial charge is 0.141 e. The highest BCUT2D eigenvalue weighted by Crippen LogP contribution is 2.35. The van der Waals surface area contributed by atoms with Crippen LogP contribution in [-0.2, 0) is 0 Å². The van der Waals surface area contributed by atoms with Gasteiger partial charge in [-0.2, -0.15) is 0 Å². The Bertz CT molecular complexity index is 905. The Kier molecular flexibility index (Phi) is 4.86. The van der Waals surface area contributed by atoms with Gasteiger partial charge in [0.05, 0.1) is 11.2 Å². The maximum Gasteiger partial charge on any atom is 0.141 e. The number of pyridine rings is 1. The summed E-state index contributed by atoms with van der Waals surface area (Å²) in [4.78, 5) is 5.76. The number of hydrogen-bond acceptors (Lipinski definition) is 4. The first kappa shape index (κ1) is 16.5. The number of rotatable bonds is 5. The molecule has 0 saturated carbocycles. The van der Waals surface area contributed by atoms with Crippen molar-refractivity contribution in [1.82, 2.24) is 10.1 Å². The number of thioether (sulfide) groups is 1. The first-order chi connectivity index (χ1) is 11.6. The van der Waals surface area contributed by atoms with Crippen LogP contribution in [0.5, 0.6) is 0 Å². The first-order valence-electron chi connectivity index (χ1n) is 7.83. The number of fused-ring (bicyclic) bond motifs is 1. The number of benzene rings is 1. The van der Waals surface area contributed by atoms with Gasteiger partial charge in [0.25, 0.3) is 0 Å². The topological polar surface area (TPSA) is 38.9 Å². The molecule has 1 aromatic carbocycles. The first-order valence-corrected chi connectivity index (χ1v) is 8.81. The molecule has 0 N–H and O–H groups in total. The van der Waals surface area contributed by atoms with E-state index < -0.39 is 0 Å². The van der Waals surface area contributed by atoms with Crippen molar-refractivity contribution in [3.8, 4) is 11.1 Å². The molecule has 3 aromatic rings. The van der Waals surface area contributed by atoms with E-state index >= 15 is 0 Å². The maximum absolute atomic E-state index is 5.33. The largest absolute Gasteiger partial charge is 0.361 e. The molecule has 122 valence electrons. The highest BCUT2D eigenvalue weighted by Gasteiger charge is 2.14. The fraction of sp³-hybridized carbons (Fsp3) is 0.200. The standard InChI is InChI=1S/C20H20N2OS/c1-5-7-13(2)12-24-19-11-16(20-14(3)22-23-15(20)4)10-18-17(19)8-6-9-21-18/h5-11H,1,12H2,2-4H3. The van der Waals surface area contributed by atoms with E-state index in [0.29, 0.717) is 0 Å². The van der Waals surface area contributed by atoms with Crippen LogP contribution >= 0.6 is 11.8 Å². The number of allylic oxidation sites excluding steroid dienone is 2.